The lowest BCUT2D eigenvalue weighted by Crippen LogP contribution is -2.39. The minimum Gasteiger partial charge on any atom is -0.497 e. The third kappa shape index (κ3) is 4.40. The van der Waals surface area contributed by atoms with Crippen molar-refractivity contribution in [1.29, 1.82) is 0 Å². The number of hydrogen-bond acceptors (Lipinski definition) is 6. The molecule has 2 N–H and O–H groups in total. The van der Waals surface area contributed by atoms with Gasteiger partial charge in [-0.3, -0.25) is 0 Å². The van der Waals surface area contributed by atoms with Crippen molar-refractivity contribution in [2.24, 2.45) is 5.92 Å². The molecule has 0 saturated heterocycles. The Morgan fingerprint density at radius 3 is 2.51 bits per heavy atom. The van der Waals surface area contributed by atoms with E-state index in [4.69, 9.17) is 9.72 Å². The lowest BCUT2D eigenvalue weighted by Gasteiger charge is -2.31. The molecule has 2 fully saturated rings. The Kier molecular flexibility index (Phi) is 6.39. The van der Waals surface area contributed by atoms with Crippen molar-refractivity contribution in [3.8, 4) is 5.75 Å². The summed E-state index contributed by atoms with van der Waals surface area (Å²) in [7, 11) is -1.77. The smallest absolute Gasteiger partial charge is 0.214 e. The summed E-state index contributed by atoms with van der Waals surface area (Å²) in [5.41, 5.74) is 4.64. The SMILES string of the molecule is COc1ccc(CNS(=O)(=O)[C@H]2CC[C@H](Nc3c4c(nc5ccnn35)C3(CCCC3)C(C)C4)CC2)cc1. The average Bonchev–Trinajstić information content (AvgIpc) is 3.65. The Labute approximate surface area is 219 Å². The van der Waals surface area contributed by atoms with Crippen molar-refractivity contribution in [2.45, 2.75) is 88.0 Å². The number of nitrogens with zero attached hydrogens (tertiary/aromatic N) is 3. The maximum absolute atomic E-state index is 13.0. The van der Waals surface area contributed by atoms with Gasteiger partial charge >= 0.3 is 0 Å². The van der Waals surface area contributed by atoms with E-state index in [9.17, 15) is 8.42 Å². The van der Waals surface area contributed by atoms with Gasteiger partial charge in [-0.15, -0.1) is 0 Å². The fourth-order valence-corrected chi connectivity index (χ4v) is 8.45. The van der Waals surface area contributed by atoms with E-state index in [1.807, 2.05) is 41.0 Å². The molecular weight excluding hydrogens is 486 g/mol. The summed E-state index contributed by atoms with van der Waals surface area (Å²) < 4.78 is 36.0. The van der Waals surface area contributed by atoms with Crippen LogP contribution < -0.4 is 14.8 Å². The summed E-state index contributed by atoms with van der Waals surface area (Å²) in [5, 5.41) is 8.05. The molecule has 6 rings (SSSR count). The standard InChI is InChI=1S/C28H37N5O3S/c1-19-17-24-26(28(19)14-3-4-15-28)32-25-13-16-29-33(25)27(24)31-21-7-11-23(12-8-21)37(34,35)30-18-20-5-9-22(36-2)10-6-20/h5-6,9-10,13,16,19,21,23,30-31H,3-4,7-8,11-12,14-15,17-18H2,1-2H3/t19?,21-,23-. The van der Waals surface area contributed by atoms with E-state index in [1.165, 1.54) is 36.9 Å². The Morgan fingerprint density at radius 1 is 1.08 bits per heavy atom. The van der Waals surface area contributed by atoms with Crippen molar-refractivity contribution >= 4 is 21.5 Å². The Balaban J connectivity index is 1.14. The Bertz CT molecular complexity index is 1370. The predicted octanol–water partition coefficient (Wildman–Crippen LogP) is 4.58. The van der Waals surface area contributed by atoms with E-state index in [0.29, 0.717) is 25.3 Å². The van der Waals surface area contributed by atoms with Gasteiger partial charge in [0.25, 0.3) is 0 Å². The first-order chi connectivity index (χ1) is 17.9. The van der Waals surface area contributed by atoms with Crippen LogP contribution in [-0.4, -0.2) is 41.4 Å². The molecule has 1 spiro atoms. The molecule has 2 heterocycles. The van der Waals surface area contributed by atoms with Gasteiger partial charge in [-0.1, -0.05) is 31.9 Å². The number of anilines is 1. The van der Waals surface area contributed by atoms with Gasteiger partial charge in [-0.25, -0.2) is 18.1 Å². The molecule has 0 bridgehead atoms. The van der Waals surface area contributed by atoms with Gasteiger partial charge in [0, 0.05) is 29.6 Å². The van der Waals surface area contributed by atoms with Gasteiger partial charge in [-0.2, -0.15) is 9.61 Å². The van der Waals surface area contributed by atoms with Crippen LogP contribution in [0.1, 0.15) is 75.1 Å². The highest BCUT2D eigenvalue weighted by Crippen LogP contribution is 2.54. The number of sulfonamides is 1. The molecule has 3 aliphatic carbocycles. The Hall–Kier alpha value is -2.65. The first kappa shape index (κ1) is 24.7. The molecule has 9 heteroatoms. The summed E-state index contributed by atoms with van der Waals surface area (Å²) in [4.78, 5) is 5.12. The highest BCUT2D eigenvalue weighted by atomic mass is 32.2. The van der Waals surface area contributed by atoms with Crippen molar-refractivity contribution < 1.29 is 13.2 Å². The molecule has 37 heavy (non-hydrogen) atoms. The molecule has 2 aromatic heterocycles. The summed E-state index contributed by atoms with van der Waals surface area (Å²) in [6.45, 7) is 2.68. The van der Waals surface area contributed by atoms with Gasteiger partial charge in [0.15, 0.2) is 5.65 Å². The van der Waals surface area contributed by atoms with Crippen molar-refractivity contribution in [1.82, 2.24) is 19.3 Å². The van der Waals surface area contributed by atoms with Crippen LogP contribution in [0.5, 0.6) is 5.75 Å². The third-order valence-electron chi connectivity index (χ3n) is 9.14. The van der Waals surface area contributed by atoms with Crippen molar-refractivity contribution in [3.05, 3.63) is 53.3 Å². The van der Waals surface area contributed by atoms with Crippen molar-refractivity contribution in [2.75, 3.05) is 12.4 Å². The highest BCUT2D eigenvalue weighted by Gasteiger charge is 2.49. The number of fused-ring (bicyclic) bond motifs is 3. The lowest BCUT2D eigenvalue weighted by atomic mass is 9.76. The zero-order valence-corrected chi connectivity index (χ0v) is 22.6. The van der Waals surface area contributed by atoms with Crippen LogP contribution >= 0.6 is 0 Å². The second-order valence-corrected chi connectivity index (χ2v) is 13.2. The van der Waals surface area contributed by atoms with E-state index in [2.05, 4.69) is 22.1 Å². The summed E-state index contributed by atoms with van der Waals surface area (Å²) >= 11 is 0. The maximum Gasteiger partial charge on any atom is 0.214 e. The molecule has 1 unspecified atom stereocenters. The Morgan fingerprint density at radius 2 is 1.81 bits per heavy atom. The number of rotatable bonds is 7. The topological polar surface area (TPSA) is 97.6 Å². The average molecular weight is 524 g/mol. The van der Waals surface area contributed by atoms with Crippen LogP contribution in [0.4, 0.5) is 5.82 Å². The molecule has 8 nitrogen and oxygen atoms in total. The van der Waals surface area contributed by atoms with E-state index in [1.54, 1.807) is 7.11 Å². The zero-order valence-electron chi connectivity index (χ0n) is 21.7. The molecule has 3 aromatic rings. The van der Waals surface area contributed by atoms with Crippen LogP contribution in [0, 0.1) is 5.92 Å². The second kappa shape index (κ2) is 9.58. The van der Waals surface area contributed by atoms with Gasteiger partial charge < -0.3 is 10.1 Å². The number of methoxy groups -OCH3 is 1. The van der Waals surface area contributed by atoms with E-state index in [-0.39, 0.29) is 16.7 Å². The van der Waals surface area contributed by atoms with Crippen LogP contribution in [0.15, 0.2) is 36.5 Å². The number of nitrogens with one attached hydrogen (secondary N) is 2. The molecule has 0 radical (unpaired) electrons. The summed E-state index contributed by atoms with van der Waals surface area (Å²) in [6.07, 6.45) is 10.8. The molecule has 1 aromatic carbocycles. The molecule has 0 aliphatic heterocycles. The molecule has 3 aliphatic rings. The van der Waals surface area contributed by atoms with E-state index in [0.717, 1.165) is 42.0 Å². The van der Waals surface area contributed by atoms with Gasteiger partial charge in [0.2, 0.25) is 10.0 Å². The van der Waals surface area contributed by atoms with Crippen LogP contribution in [0.3, 0.4) is 0 Å². The molecule has 2 saturated carbocycles. The second-order valence-electron chi connectivity index (χ2n) is 11.2. The highest BCUT2D eigenvalue weighted by molar-refractivity contribution is 7.90. The van der Waals surface area contributed by atoms with E-state index >= 15 is 0 Å². The van der Waals surface area contributed by atoms with E-state index < -0.39 is 10.0 Å². The first-order valence-corrected chi connectivity index (χ1v) is 15.2. The van der Waals surface area contributed by atoms with Gasteiger partial charge in [0.05, 0.1) is 24.3 Å². The number of benzene rings is 1. The van der Waals surface area contributed by atoms with Crippen LogP contribution in [-0.2, 0) is 28.4 Å². The number of ether oxygens (including phenoxy) is 1. The first-order valence-electron chi connectivity index (χ1n) is 13.6. The largest absolute Gasteiger partial charge is 0.497 e. The van der Waals surface area contributed by atoms with Crippen molar-refractivity contribution in [3.63, 3.8) is 0 Å². The van der Waals surface area contributed by atoms with Crippen LogP contribution in [0.25, 0.3) is 5.65 Å². The minimum absolute atomic E-state index is 0.207. The molecule has 1 atom stereocenters. The summed E-state index contributed by atoms with van der Waals surface area (Å²) in [6, 6.07) is 9.70. The number of hydrogen-bond donors (Lipinski definition) is 2. The molecule has 198 valence electrons. The zero-order chi connectivity index (χ0) is 25.6. The fraction of sp³-hybridized carbons (Fsp3) is 0.571. The normalized spacial score (nSPS) is 25.0. The molecular formula is C28H37N5O3S. The molecule has 0 amide bonds. The lowest BCUT2D eigenvalue weighted by molar-refractivity contribution is 0.316. The predicted molar refractivity (Wildman–Crippen MR) is 144 cm³/mol. The monoisotopic (exact) mass is 523 g/mol. The summed E-state index contributed by atoms with van der Waals surface area (Å²) in [5.74, 6) is 2.42. The van der Waals surface area contributed by atoms with Crippen LogP contribution in [0.2, 0.25) is 0 Å². The minimum atomic E-state index is -3.39. The van der Waals surface area contributed by atoms with Gasteiger partial charge in [0.1, 0.15) is 11.6 Å². The third-order valence-corrected chi connectivity index (χ3v) is 11.0. The van der Waals surface area contributed by atoms with Gasteiger partial charge in [-0.05, 0) is 68.6 Å². The quantitative estimate of drug-likeness (QED) is 0.470. The number of aromatic nitrogens is 3. The fourth-order valence-electron chi connectivity index (χ4n) is 6.96. The maximum atomic E-state index is 13.0.